The third-order valence-electron chi connectivity index (χ3n) is 3.05. The van der Waals surface area contributed by atoms with Gasteiger partial charge in [0.15, 0.2) is 0 Å². The van der Waals surface area contributed by atoms with Crippen molar-refractivity contribution in [2.75, 3.05) is 32.6 Å². The quantitative estimate of drug-likeness (QED) is 0.844. The maximum atomic E-state index is 12.0. The predicted octanol–water partition coefficient (Wildman–Crippen LogP) is 1.25. The summed E-state index contributed by atoms with van der Waals surface area (Å²) in [6.07, 6.45) is 0.882. The summed E-state index contributed by atoms with van der Waals surface area (Å²) in [5.74, 6) is 1.40. The monoisotopic (exact) mass is 250 g/mol. The molecule has 1 saturated heterocycles. The first-order valence-electron chi connectivity index (χ1n) is 5.97. The molecule has 1 atom stereocenters. The van der Waals surface area contributed by atoms with E-state index in [0.29, 0.717) is 17.2 Å². The topological polar surface area (TPSA) is 59.6 Å². The normalized spacial score (nSPS) is 18.4. The van der Waals surface area contributed by atoms with Crippen LogP contribution in [0.5, 0.6) is 11.5 Å². The van der Waals surface area contributed by atoms with E-state index in [1.165, 1.54) is 0 Å². The average molecular weight is 250 g/mol. The van der Waals surface area contributed by atoms with Gasteiger partial charge < -0.3 is 20.1 Å². The fourth-order valence-electron chi connectivity index (χ4n) is 2.00. The molecule has 1 heterocycles. The van der Waals surface area contributed by atoms with Crippen LogP contribution in [0.4, 0.5) is 5.69 Å². The van der Waals surface area contributed by atoms with E-state index >= 15 is 0 Å². The Kier molecular flexibility index (Phi) is 4.04. The summed E-state index contributed by atoms with van der Waals surface area (Å²) < 4.78 is 10.3. The van der Waals surface area contributed by atoms with Crippen molar-refractivity contribution in [2.24, 2.45) is 5.92 Å². The number of amides is 1. The SMILES string of the molecule is COc1cc(NC(=O)C2CCNC2)cc(OC)c1. The number of methoxy groups -OCH3 is 2. The molecule has 1 aromatic rings. The second-order valence-electron chi connectivity index (χ2n) is 4.28. The zero-order valence-electron chi connectivity index (χ0n) is 10.7. The third kappa shape index (κ3) is 2.92. The Balaban J connectivity index is 2.09. The minimum Gasteiger partial charge on any atom is -0.497 e. The molecule has 2 rings (SSSR count). The molecule has 1 aliphatic rings. The Bertz CT molecular complexity index is 406. The van der Waals surface area contributed by atoms with E-state index in [2.05, 4.69) is 10.6 Å². The minimum absolute atomic E-state index is 0.0373. The Morgan fingerprint density at radius 2 is 1.94 bits per heavy atom. The lowest BCUT2D eigenvalue weighted by atomic mass is 10.1. The smallest absolute Gasteiger partial charge is 0.228 e. The summed E-state index contributed by atoms with van der Waals surface area (Å²) in [6, 6.07) is 5.33. The lowest BCUT2D eigenvalue weighted by Gasteiger charge is -2.12. The van der Waals surface area contributed by atoms with Gasteiger partial charge in [-0.1, -0.05) is 0 Å². The van der Waals surface area contributed by atoms with Crippen molar-refractivity contribution in [3.8, 4) is 11.5 Å². The fourth-order valence-corrected chi connectivity index (χ4v) is 2.00. The van der Waals surface area contributed by atoms with Crippen molar-refractivity contribution < 1.29 is 14.3 Å². The van der Waals surface area contributed by atoms with Crippen LogP contribution in [0.1, 0.15) is 6.42 Å². The van der Waals surface area contributed by atoms with Gasteiger partial charge in [-0.3, -0.25) is 4.79 Å². The van der Waals surface area contributed by atoms with E-state index in [9.17, 15) is 4.79 Å². The first-order valence-corrected chi connectivity index (χ1v) is 5.97. The average Bonchev–Trinajstić information content (AvgIpc) is 2.92. The van der Waals surface area contributed by atoms with Gasteiger partial charge in [-0.15, -0.1) is 0 Å². The number of rotatable bonds is 4. The van der Waals surface area contributed by atoms with Crippen molar-refractivity contribution in [1.82, 2.24) is 5.32 Å². The first-order chi connectivity index (χ1) is 8.72. The molecule has 0 aliphatic carbocycles. The molecule has 0 spiro atoms. The number of hydrogen-bond donors (Lipinski definition) is 2. The molecular weight excluding hydrogens is 232 g/mol. The van der Waals surface area contributed by atoms with E-state index < -0.39 is 0 Å². The lowest BCUT2D eigenvalue weighted by Crippen LogP contribution is -2.24. The number of nitrogens with one attached hydrogen (secondary N) is 2. The van der Waals surface area contributed by atoms with Gasteiger partial charge in [0.25, 0.3) is 0 Å². The summed E-state index contributed by atoms with van der Waals surface area (Å²) in [6.45, 7) is 1.65. The minimum atomic E-state index is 0.0373. The van der Waals surface area contributed by atoms with Crippen LogP contribution in [0, 0.1) is 5.92 Å². The van der Waals surface area contributed by atoms with E-state index in [0.717, 1.165) is 19.5 Å². The molecule has 0 saturated carbocycles. The van der Waals surface area contributed by atoms with Crippen LogP contribution < -0.4 is 20.1 Å². The zero-order chi connectivity index (χ0) is 13.0. The van der Waals surface area contributed by atoms with Crippen molar-refractivity contribution in [2.45, 2.75) is 6.42 Å². The Hall–Kier alpha value is -1.75. The molecule has 1 aromatic carbocycles. The highest BCUT2D eigenvalue weighted by molar-refractivity contribution is 5.93. The molecule has 5 heteroatoms. The number of anilines is 1. The molecule has 18 heavy (non-hydrogen) atoms. The van der Waals surface area contributed by atoms with Gasteiger partial charge in [-0.05, 0) is 13.0 Å². The molecular formula is C13H18N2O3. The first kappa shape index (κ1) is 12.7. The maximum absolute atomic E-state index is 12.0. The van der Waals surface area contributed by atoms with Gasteiger partial charge in [0.1, 0.15) is 11.5 Å². The molecule has 1 unspecified atom stereocenters. The second-order valence-corrected chi connectivity index (χ2v) is 4.28. The number of ether oxygens (including phenoxy) is 2. The predicted molar refractivity (Wildman–Crippen MR) is 69.2 cm³/mol. The van der Waals surface area contributed by atoms with E-state index in [-0.39, 0.29) is 11.8 Å². The van der Waals surface area contributed by atoms with Gasteiger partial charge in [0.2, 0.25) is 5.91 Å². The van der Waals surface area contributed by atoms with Gasteiger partial charge in [-0.25, -0.2) is 0 Å². The van der Waals surface area contributed by atoms with Crippen LogP contribution in [0.25, 0.3) is 0 Å². The highest BCUT2D eigenvalue weighted by Gasteiger charge is 2.22. The van der Waals surface area contributed by atoms with Gasteiger partial charge in [0.05, 0.1) is 20.1 Å². The van der Waals surface area contributed by atoms with Crippen LogP contribution in [0.15, 0.2) is 18.2 Å². The number of carbonyl (C=O) groups is 1. The van der Waals surface area contributed by atoms with Gasteiger partial charge in [0, 0.05) is 30.4 Å². The Morgan fingerprint density at radius 1 is 1.28 bits per heavy atom. The molecule has 98 valence electrons. The molecule has 1 fully saturated rings. The summed E-state index contributed by atoms with van der Waals surface area (Å²) in [5.41, 5.74) is 0.697. The molecule has 5 nitrogen and oxygen atoms in total. The van der Waals surface area contributed by atoms with Crippen LogP contribution in [-0.4, -0.2) is 33.2 Å². The standard InChI is InChI=1S/C13H18N2O3/c1-17-11-5-10(6-12(7-11)18-2)15-13(16)9-3-4-14-8-9/h5-7,9,14H,3-4,8H2,1-2H3,(H,15,16). The Labute approximate surface area is 106 Å². The molecule has 1 amide bonds. The molecule has 0 radical (unpaired) electrons. The summed E-state index contributed by atoms with van der Waals surface area (Å²) in [4.78, 5) is 12.0. The Morgan fingerprint density at radius 3 is 2.44 bits per heavy atom. The highest BCUT2D eigenvalue weighted by atomic mass is 16.5. The number of hydrogen-bond acceptors (Lipinski definition) is 4. The second kappa shape index (κ2) is 5.73. The highest BCUT2D eigenvalue weighted by Crippen LogP contribution is 2.26. The number of benzene rings is 1. The summed E-state index contributed by atoms with van der Waals surface area (Å²) in [5, 5.41) is 6.07. The van der Waals surface area contributed by atoms with Crippen molar-refractivity contribution in [1.29, 1.82) is 0 Å². The number of carbonyl (C=O) groups excluding carboxylic acids is 1. The van der Waals surface area contributed by atoms with E-state index in [1.54, 1.807) is 32.4 Å². The van der Waals surface area contributed by atoms with Crippen LogP contribution in [-0.2, 0) is 4.79 Å². The lowest BCUT2D eigenvalue weighted by molar-refractivity contribution is -0.119. The molecule has 0 bridgehead atoms. The maximum Gasteiger partial charge on any atom is 0.228 e. The largest absolute Gasteiger partial charge is 0.497 e. The van der Waals surface area contributed by atoms with Crippen LogP contribution in [0.2, 0.25) is 0 Å². The van der Waals surface area contributed by atoms with E-state index in [4.69, 9.17) is 9.47 Å². The van der Waals surface area contributed by atoms with Gasteiger partial charge >= 0.3 is 0 Å². The zero-order valence-corrected chi connectivity index (χ0v) is 10.7. The van der Waals surface area contributed by atoms with Crippen molar-refractivity contribution in [3.05, 3.63) is 18.2 Å². The van der Waals surface area contributed by atoms with E-state index in [1.807, 2.05) is 0 Å². The molecule has 2 N–H and O–H groups in total. The van der Waals surface area contributed by atoms with Crippen LogP contribution in [0.3, 0.4) is 0 Å². The molecule has 0 aromatic heterocycles. The third-order valence-corrected chi connectivity index (χ3v) is 3.05. The fraction of sp³-hybridized carbons (Fsp3) is 0.462. The van der Waals surface area contributed by atoms with Crippen molar-refractivity contribution in [3.63, 3.8) is 0 Å². The molecule has 1 aliphatic heterocycles. The van der Waals surface area contributed by atoms with Crippen molar-refractivity contribution >= 4 is 11.6 Å². The van der Waals surface area contributed by atoms with Gasteiger partial charge in [-0.2, -0.15) is 0 Å². The van der Waals surface area contributed by atoms with Crippen LogP contribution >= 0.6 is 0 Å². The summed E-state index contributed by atoms with van der Waals surface area (Å²) >= 11 is 0. The summed E-state index contributed by atoms with van der Waals surface area (Å²) in [7, 11) is 3.17.